The average molecular weight is 470 g/mol. The Bertz CT molecular complexity index is 1390. The van der Waals surface area contributed by atoms with Crippen LogP contribution in [-0.2, 0) is 0 Å². The number of amides is 1. The van der Waals surface area contributed by atoms with E-state index in [0.717, 1.165) is 16.0 Å². The zero-order valence-corrected chi connectivity index (χ0v) is 18.5. The van der Waals surface area contributed by atoms with Gasteiger partial charge in [0, 0.05) is 17.7 Å². The van der Waals surface area contributed by atoms with Crippen molar-refractivity contribution in [1.82, 2.24) is 19.9 Å². The highest BCUT2D eigenvalue weighted by Crippen LogP contribution is 2.37. The van der Waals surface area contributed by atoms with Gasteiger partial charge in [-0.15, -0.1) is 11.3 Å². The molecule has 0 saturated carbocycles. The topological polar surface area (TPSA) is 118 Å². The van der Waals surface area contributed by atoms with Crippen LogP contribution in [0.5, 0.6) is 11.6 Å². The first-order valence-electron chi connectivity index (χ1n) is 10.1. The Morgan fingerprint density at radius 3 is 2.76 bits per heavy atom. The van der Waals surface area contributed by atoms with E-state index in [4.69, 9.17) is 14.6 Å². The third-order valence-electron chi connectivity index (χ3n) is 5.44. The van der Waals surface area contributed by atoms with Gasteiger partial charge in [-0.2, -0.15) is 0 Å². The molecule has 170 valence electrons. The number of aromatic nitrogens is 3. The van der Waals surface area contributed by atoms with Gasteiger partial charge in [-0.1, -0.05) is 0 Å². The molecule has 1 fully saturated rings. The van der Waals surface area contributed by atoms with Crippen molar-refractivity contribution in [2.24, 2.45) is 0 Å². The van der Waals surface area contributed by atoms with Crippen molar-refractivity contribution in [2.45, 2.75) is 19.1 Å². The zero-order chi connectivity index (χ0) is 23.3. The smallest absolute Gasteiger partial charge is 0.407 e. The highest BCUT2D eigenvalue weighted by atomic mass is 32.1. The van der Waals surface area contributed by atoms with E-state index in [1.54, 1.807) is 0 Å². The number of benzene rings is 2. The maximum Gasteiger partial charge on any atom is 0.407 e. The summed E-state index contributed by atoms with van der Waals surface area (Å²) < 4.78 is 26.3. The molecule has 4 aromatic rings. The fourth-order valence-corrected chi connectivity index (χ4v) is 4.83. The molecule has 2 N–H and O–H groups in total. The highest BCUT2D eigenvalue weighted by Gasteiger charge is 2.36. The second-order valence-corrected chi connectivity index (χ2v) is 8.80. The van der Waals surface area contributed by atoms with Crippen LogP contribution >= 0.6 is 11.3 Å². The molecule has 0 spiro atoms. The lowest BCUT2D eigenvalue weighted by molar-refractivity contribution is 0.0711. The van der Waals surface area contributed by atoms with Gasteiger partial charge < -0.3 is 24.6 Å². The zero-order valence-electron chi connectivity index (χ0n) is 17.6. The van der Waals surface area contributed by atoms with Crippen molar-refractivity contribution < 1.29 is 28.9 Å². The molecule has 11 heteroatoms. The number of methoxy groups -OCH3 is 1. The first-order valence-corrected chi connectivity index (χ1v) is 10.9. The molecule has 0 radical (unpaired) electrons. The fraction of sp³-hybridized carbons (Fsp3) is 0.273. The predicted molar refractivity (Wildman–Crippen MR) is 119 cm³/mol. The summed E-state index contributed by atoms with van der Waals surface area (Å²) in [6, 6.07) is 6.65. The van der Waals surface area contributed by atoms with E-state index >= 15 is 0 Å². The van der Waals surface area contributed by atoms with E-state index in [1.165, 1.54) is 36.8 Å². The monoisotopic (exact) mass is 470 g/mol. The lowest BCUT2D eigenvalue weighted by atomic mass is 10.1. The summed E-state index contributed by atoms with van der Waals surface area (Å²) in [6.07, 6.45) is -1.52. The maximum atomic E-state index is 14.8. The molecule has 33 heavy (non-hydrogen) atoms. The molecule has 2 unspecified atom stereocenters. The number of ether oxygens (including phenoxy) is 2. The van der Waals surface area contributed by atoms with Gasteiger partial charge in [-0.25, -0.2) is 24.1 Å². The van der Waals surface area contributed by atoms with Crippen molar-refractivity contribution in [3.63, 3.8) is 0 Å². The van der Waals surface area contributed by atoms with Gasteiger partial charge in [0.25, 0.3) is 0 Å². The van der Waals surface area contributed by atoms with Crippen LogP contribution in [-0.4, -0.2) is 68.6 Å². The van der Waals surface area contributed by atoms with Crippen LogP contribution in [0.4, 0.5) is 9.18 Å². The molecule has 0 aliphatic carbocycles. The molecule has 0 bridgehead atoms. The molecule has 1 aliphatic heterocycles. The number of carboxylic acid groups (broad SMARTS) is 1. The molecule has 1 saturated heterocycles. The minimum absolute atomic E-state index is 0.0423. The number of carbonyl (C=O) groups is 1. The van der Waals surface area contributed by atoms with E-state index in [0.29, 0.717) is 32.1 Å². The minimum Gasteiger partial charge on any atom is -0.483 e. The van der Waals surface area contributed by atoms with E-state index in [1.807, 2.05) is 19.1 Å². The number of nitrogens with zero attached hydrogens (tertiary/aromatic N) is 4. The normalized spacial score (nSPS) is 18.2. The first-order chi connectivity index (χ1) is 15.8. The Kier molecular flexibility index (Phi) is 5.22. The van der Waals surface area contributed by atoms with Gasteiger partial charge in [-0.05, 0) is 24.6 Å². The largest absolute Gasteiger partial charge is 0.483 e. The van der Waals surface area contributed by atoms with Gasteiger partial charge in [0.2, 0.25) is 5.88 Å². The Hall–Kier alpha value is -3.57. The quantitative estimate of drug-likeness (QED) is 0.466. The summed E-state index contributed by atoms with van der Waals surface area (Å²) in [4.78, 5) is 25.7. The third kappa shape index (κ3) is 3.89. The van der Waals surface area contributed by atoms with E-state index < -0.39 is 24.1 Å². The summed E-state index contributed by atoms with van der Waals surface area (Å²) >= 11 is 1.35. The van der Waals surface area contributed by atoms with Crippen LogP contribution in [0.1, 0.15) is 5.56 Å². The predicted octanol–water partition coefficient (Wildman–Crippen LogP) is 3.46. The third-order valence-corrected chi connectivity index (χ3v) is 6.49. The van der Waals surface area contributed by atoms with Crippen LogP contribution in [0.2, 0.25) is 0 Å². The Balaban J connectivity index is 1.52. The van der Waals surface area contributed by atoms with Crippen molar-refractivity contribution in [2.75, 3.05) is 20.2 Å². The number of aryl methyl sites for hydroxylation is 1. The number of aliphatic hydroxyl groups excluding tert-OH is 1. The number of β-amino-alcohol motifs (C(OH)–C–C–N with tert-alkyl or cyclic N) is 1. The van der Waals surface area contributed by atoms with Crippen LogP contribution in [0.3, 0.4) is 0 Å². The van der Waals surface area contributed by atoms with Gasteiger partial charge >= 0.3 is 6.09 Å². The maximum absolute atomic E-state index is 14.8. The summed E-state index contributed by atoms with van der Waals surface area (Å²) in [6.45, 7) is 1.82. The van der Waals surface area contributed by atoms with E-state index in [-0.39, 0.29) is 18.8 Å². The van der Waals surface area contributed by atoms with Crippen molar-refractivity contribution >= 4 is 38.7 Å². The van der Waals surface area contributed by atoms with Crippen LogP contribution < -0.4 is 9.47 Å². The molecule has 3 heterocycles. The van der Waals surface area contributed by atoms with E-state index in [2.05, 4.69) is 15.0 Å². The molecule has 5 rings (SSSR count). The van der Waals surface area contributed by atoms with Crippen molar-refractivity contribution in [1.29, 1.82) is 0 Å². The number of hydrogen-bond acceptors (Lipinski definition) is 8. The molecular formula is C22H19FN4O5S. The molecular weight excluding hydrogens is 451 g/mol. The first kappa shape index (κ1) is 21.3. The molecule has 9 nitrogen and oxygen atoms in total. The van der Waals surface area contributed by atoms with Gasteiger partial charge in [0.05, 0.1) is 47.6 Å². The summed E-state index contributed by atoms with van der Waals surface area (Å²) in [5.74, 6) is -0.297. The second kappa shape index (κ2) is 8.09. The number of halogens is 1. The molecule has 2 aromatic carbocycles. The van der Waals surface area contributed by atoms with E-state index in [9.17, 15) is 14.3 Å². The number of rotatable bonds is 4. The van der Waals surface area contributed by atoms with Crippen molar-refractivity contribution in [3.05, 3.63) is 41.8 Å². The molecule has 1 aliphatic rings. The number of fused-ring (bicyclic) bond motifs is 2. The number of likely N-dealkylation sites (tertiary alicyclic amines) is 1. The number of thiazole rings is 1. The standard InChI is InChI=1S/C22H19FN4O5S/c1-10-3-11(20-14(4-10)25-19(31-2)7-24-20)21-26-13-5-12(23)16(6-18(13)33-21)32-17-9-27(22(29)30)8-15(17)28/h3-7,15,17,28H,8-9H2,1-2H3,(H,29,30). The summed E-state index contributed by atoms with van der Waals surface area (Å²) in [7, 11) is 1.53. The second-order valence-electron chi connectivity index (χ2n) is 7.77. The van der Waals surface area contributed by atoms with Crippen LogP contribution in [0.25, 0.3) is 31.8 Å². The van der Waals surface area contributed by atoms with Gasteiger partial charge in [0.1, 0.15) is 17.2 Å². The lowest BCUT2D eigenvalue weighted by Gasteiger charge is -2.16. The van der Waals surface area contributed by atoms with Crippen LogP contribution in [0.15, 0.2) is 30.5 Å². The summed E-state index contributed by atoms with van der Waals surface area (Å²) in [5.41, 5.74) is 3.51. The number of aliphatic hydroxyl groups is 1. The van der Waals surface area contributed by atoms with Gasteiger partial charge in [0.15, 0.2) is 11.6 Å². The summed E-state index contributed by atoms with van der Waals surface area (Å²) in [5, 5.41) is 19.9. The lowest BCUT2D eigenvalue weighted by Crippen LogP contribution is -2.30. The van der Waals surface area contributed by atoms with Crippen molar-refractivity contribution in [3.8, 4) is 22.2 Å². The van der Waals surface area contributed by atoms with Gasteiger partial charge in [-0.3, -0.25) is 0 Å². The fourth-order valence-electron chi connectivity index (χ4n) is 3.84. The molecule has 2 atom stereocenters. The average Bonchev–Trinajstić information content (AvgIpc) is 3.36. The molecule has 2 aromatic heterocycles. The Morgan fingerprint density at radius 2 is 2.03 bits per heavy atom. The minimum atomic E-state index is -1.16. The highest BCUT2D eigenvalue weighted by molar-refractivity contribution is 7.21. The van der Waals surface area contributed by atoms with Crippen LogP contribution in [0, 0.1) is 12.7 Å². The molecule has 1 amide bonds. The SMILES string of the molecule is COc1cnc2c(-c3nc4cc(F)c(OC5CN(C(=O)O)CC5O)cc4s3)cc(C)cc2n1. The number of hydrogen-bond donors (Lipinski definition) is 2. The Labute approximate surface area is 191 Å². The Morgan fingerprint density at radius 1 is 1.21 bits per heavy atom.